The summed E-state index contributed by atoms with van der Waals surface area (Å²) in [5, 5.41) is 72.6. The average Bonchev–Trinajstić information content (AvgIpc) is 3.40. The molecule has 6 rings (SSSR count). The fourth-order valence-electron chi connectivity index (χ4n) is 9.02. The first-order valence-electron chi connectivity index (χ1n) is 12.8. The Morgan fingerprint density at radius 2 is 1.89 bits per heavy atom. The SMILES string of the molecule is CC(C)[C@@]1(O)[C@@H](OC(=O)c2ccc[nH]2)[C@]2(O)O[C@@]3(NO)[C@]45O[C@@](O)(C[C@@]2(C)[C@@]4(O)CC[C@H](C)[C@H]5O)[C@]31C. The van der Waals surface area contributed by atoms with Gasteiger partial charge in [0.1, 0.15) is 22.3 Å². The zero-order valence-electron chi connectivity index (χ0n) is 21.5. The van der Waals surface area contributed by atoms with Gasteiger partial charge in [-0.3, -0.25) is 0 Å². The van der Waals surface area contributed by atoms with Crippen LogP contribution in [-0.2, 0) is 14.2 Å². The van der Waals surface area contributed by atoms with Crippen LogP contribution < -0.4 is 5.48 Å². The number of carbonyl (C=O) groups is 1. The first-order valence-corrected chi connectivity index (χ1v) is 12.8. The highest BCUT2D eigenvalue weighted by Gasteiger charge is 3.04. The van der Waals surface area contributed by atoms with Crippen molar-refractivity contribution in [1.29, 1.82) is 0 Å². The second kappa shape index (κ2) is 6.75. The van der Waals surface area contributed by atoms with Gasteiger partial charge in [-0.1, -0.05) is 27.7 Å². The number of rotatable bonds is 4. The summed E-state index contributed by atoms with van der Waals surface area (Å²) >= 11 is 0. The van der Waals surface area contributed by atoms with E-state index in [0.29, 0.717) is 6.42 Å². The maximum atomic E-state index is 13.2. The van der Waals surface area contributed by atoms with Gasteiger partial charge < -0.3 is 49.9 Å². The van der Waals surface area contributed by atoms with Crippen molar-refractivity contribution >= 4 is 5.97 Å². The predicted molar refractivity (Wildman–Crippen MR) is 122 cm³/mol. The van der Waals surface area contributed by atoms with Crippen LogP contribution in [-0.4, -0.2) is 88.0 Å². The van der Waals surface area contributed by atoms with Crippen molar-refractivity contribution in [3.05, 3.63) is 24.0 Å². The van der Waals surface area contributed by atoms with E-state index in [2.05, 4.69) is 10.5 Å². The number of aromatic nitrogens is 1. The van der Waals surface area contributed by atoms with E-state index in [1.165, 1.54) is 26.1 Å². The topological polar surface area (TPSA) is 194 Å². The minimum Gasteiger partial charge on any atom is -0.449 e. The van der Waals surface area contributed by atoms with E-state index in [4.69, 9.17) is 14.2 Å². The van der Waals surface area contributed by atoms with Crippen LogP contribution in [0.1, 0.15) is 64.4 Å². The summed E-state index contributed by atoms with van der Waals surface area (Å²) in [7, 11) is 0. The highest BCUT2D eigenvalue weighted by molar-refractivity contribution is 5.87. The molecule has 5 bridgehead atoms. The number of hydrogen-bond acceptors (Lipinski definition) is 11. The van der Waals surface area contributed by atoms with Crippen LogP contribution in [0.5, 0.6) is 0 Å². The lowest BCUT2D eigenvalue weighted by atomic mass is 9.42. The van der Waals surface area contributed by atoms with Crippen LogP contribution in [0.3, 0.4) is 0 Å². The Hall–Kier alpha value is -1.61. The number of hydrogen-bond donors (Lipinski definition) is 8. The highest BCUT2D eigenvalue weighted by atomic mass is 16.8. The normalized spacial score (nSPS) is 57.6. The molecule has 0 aromatic carbocycles. The van der Waals surface area contributed by atoms with Crippen LogP contribution in [0.2, 0.25) is 0 Å². The van der Waals surface area contributed by atoms with Gasteiger partial charge in [-0.25, -0.2) is 4.79 Å². The minimum absolute atomic E-state index is 0.000385. The molecule has 1 aromatic rings. The van der Waals surface area contributed by atoms with Crippen LogP contribution >= 0.6 is 0 Å². The molecule has 5 heterocycles. The second-order valence-corrected chi connectivity index (χ2v) is 12.5. The Bertz CT molecular complexity index is 1160. The summed E-state index contributed by atoms with van der Waals surface area (Å²) in [4.78, 5) is 15.9. The largest absolute Gasteiger partial charge is 0.449 e. The fourth-order valence-corrected chi connectivity index (χ4v) is 9.02. The molecule has 1 spiro atoms. The molecule has 0 unspecified atom stereocenters. The molecule has 8 N–H and O–H groups in total. The standard InChI is InChI=1S/C25H36N2O10/c1-12(2)22(32)17(35-16(29)14-7-6-10-26-14)24(33)18(4)11-21(31)19(22,5)25(27-34,37-24)23(36-21)15(28)13(3)8-9-20(18,23)30/h6-7,10,12-13,15,17,26-28,30-34H,8-9,11H2,1-5H3/t13-,15+,17+,18-,19-,20-,21-,22+,23+,24-,25+/m0/s1. The van der Waals surface area contributed by atoms with Gasteiger partial charge in [0.15, 0.2) is 23.2 Å². The third-order valence-electron chi connectivity index (χ3n) is 11.1. The summed E-state index contributed by atoms with van der Waals surface area (Å²) in [6, 6.07) is 3.03. The molecule has 0 amide bonds. The molecular weight excluding hydrogens is 488 g/mol. The van der Waals surface area contributed by atoms with E-state index >= 15 is 0 Å². The van der Waals surface area contributed by atoms with Crippen molar-refractivity contribution in [3.63, 3.8) is 0 Å². The number of fused-ring (bicyclic) bond motifs is 4. The lowest BCUT2D eigenvalue weighted by molar-refractivity contribution is -0.533. The molecule has 37 heavy (non-hydrogen) atoms. The first kappa shape index (κ1) is 25.7. The van der Waals surface area contributed by atoms with E-state index < -0.39 is 81.4 Å². The van der Waals surface area contributed by atoms with Gasteiger partial charge >= 0.3 is 5.97 Å². The number of H-pyrrole nitrogens is 1. The van der Waals surface area contributed by atoms with Crippen molar-refractivity contribution in [2.24, 2.45) is 22.7 Å². The van der Waals surface area contributed by atoms with Gasteiger partial charge in [0, 0.05) is 12.6 Å². The Morgan fingerprint density at radius 3 is 2.46 bits per heavy atom. The first-order chi connectivity index (χ1) is 17.0. The third-order valence-corrected chi connectivity index (χ3v) is 11.1. The summed E-state index contributed by atoms with van der Waals surface area (Å²) in [5.74, 6) is -7.23. The number of ether oxygens (including phenoxy) is 3. The number of carbonyl (C=O) groups excluding carboxylic acids is 1. The molecule has 4 aliphatic heterocycles. The Kier molecular flexibility index (Phi) is 4.68. The summed E-state index contributed by atoms with van der Waals surface area (Å²) in [6.07, 6.45) is -1.97. The van der Waals surface area contributed by atoms with E-state index in [0.717, 1.165) is 0 Å². The van der Waals surface area contributed by atoms with Crippen molar-refractivity contribution in [1.82, 2.24) is 10.5 Å². The third kappa shape index (κ3) is 2.09. The molecule has 206 valence electrons. The zero-order valence-corrected chi connectivity index (χ0v) is 21.5. The van der Waals surface area contributed by atoms with E-state index in [1.54, 1.807) is 26.8 Å². The van der Waals surface area contributed by atoms with Crippen LogP contribution in [0.15, 0.2) is 18.3 Å². The van der Waals surface area contributed by atoms with Crippen molar-refractivity contribution in [3.8, 4) is 0 Å². The Morgan fingerprint density at radius 1 is 1.22 bits per heavy atom. The lowest BCUT2D eigenvalue weighted by Gasteiger charge is -2.75. The molecule has 4 saturated heterocycles. The molecule has 1 aliphatic carbocycles. The summed E-state index contributed by atoms with van der Waals surface area (Å²) < 4.78 is 18.5. The predicted octanol–water partition coefficient (Wildman–Crippen LogP) is -0.269. The molecular formula is C25H36N2O10. The highest BCUT2D eigenvalue weighted by Crippen LogP contribution is 2.84. The molecule has 5 fully saturated rings. The number of esters is 1. The minimum atomic E-state index is -2.66. The van der Waals surface area contributed by atoms with E-state index in [1.807, 2.05) is 0 Å². The molecule has 0 radical (unpaired) electrons. The van der Waals surface area contributed by atoms with Crippen molar-refractivity contribution < 1.29 is 49.7 Å². The summed E-state index contributed by atoms with van der Waals surface area (Å²) in [6.45, 7) is 7.81. The number of aliphatic hydroxyl groups is 5. The second-order valence-electron chi connectivity index (χ2n) is 12.5. The van der Waals surface area contributed by atoms with Gasteiger partial charge in [0.2, 0.25) is 5.79 Å². The van der Waals surface area contributed by atoms with Crippen molar-refractivity contribution in [2.45, 2.75) is 100 Å². The number of aromatic amines is 1. The Labute approximate surface area is 213 Å². The van der Waals surface area contributed by atoms with Crippen LogP contribution in [0, 0.1) is 22.7 Å². The average molecular weight is 525 g/mol. The molecule has 5 aliphatic rings. The number of hydroxylamine groups is 1. The molecule has 1 saturated carbocycles. The fraction of sp³-hybridized carbons (Fsp3) is 0.800. The monoisotopic (exact) mass is 524 g/mol. The molecule has 11 atom stereocenters. The maximum absolute atomic E-state index is 13.2. The van der Waals surface area contributed by atoms with Crippen molar-refractivity contribution in [2.75, 3.05) is 0 Å². The van der Waals surface area contributed by atoms with Gasteiger partial charge in [0.05, 0.1) is 11.5 Å². The van der Waals surface area contributed by atoms with Crippen LogP contribution in [0.25, 0.3) is 0 Å². The number of nitrogens with one attached hydrogen (secondary N) is 2. The molecule has 12 heteroatoms. The number of aliphatic hydroxyl groups excluding tert-OH is 1. The summed E-state index contributed by atoms with van der Waals surface area (Å²) in [5.41, 5.74) is -10.9. The van der Waals surface area contributed by atoms with E-state index in [9.17, 15) is 35.5 Å². The smallest absolute Gasteiger partial charge is 0.355 e. The van der Waals surface area contributed by atoms with Gasteiger partial charge in [-0.15, -0.1) is 0 Å². The Balaban J connectivity index is 1.70. The lowest BCUT2D eigenvalue weighted by Crippen LogP contribution is -2.97. The van der Waals surface area contributed by atoms with Gasteiger partial charge in [-0.2, -0.15) is 5.48 Å². The zero-order chi connectivity index (χ0) is 27.2. The maximum Gasteiger partial charge on any atom is 0.355 e. The van der Waals surface area contributed by atoms with Gasteiger partial charge in [-0.05, 0) is 43.7 Å². The van der Waals surface area contributed by atoms with E-state index in [-0.39, 0.29) is 12.1 Å². The van der Waals surface area contributed by atoms with Gasteiger partial charge in [0.25, 0.3) is 0 Å². The molecule has 1 aromatic heterocycles. The van der Waals surface area contributed by atoms with Crippen LogP contribution in [0.4, 0.5) is 0 Å². The quantitative estimate of drug-likeness (QED) is 0.191. The molecule has 12 nitrogen and oxygen atoms in total.